The summed E-state index contributed by atoms with van der Waals surface area (Å²) < 4.78 is 0. The van der Waals surface area contributed by atoms with Gasteiger partial charge in [0.15, 0.2) is 0 Å². The fraction of sp³-hybridized carbons (Fsp3) is 0.929. The molecule has 1 rings (SSSR count). The second-order valence-corrected chi connectivity index (χ2v) is 10.1. The monoisotopic (exact) mass is 420 g/mol. The predicted octanol–water partition coefficient (Wildman–Crippen LogP) is 9.12. The normalized spacial score (nSPS) is 14.6. The number of hydrogen-bond acceptors (Lipinski definition) is 2. The molecule has 0 saturated heterocycles. The van der Waals surface area contributed by atoms with Gasteiger partial charge in [-0.2, -0.15) is 0 Å². The molecular formula is C28H56N2. The van der Waals surface area contributed by atoms with E-state index in [1.54, 1.807) is 0 Å². The standard InChI is InChI=1S/C28H56N2/c1-5-7-9-11-13-15-17-19-21-23-29-25-26-30(28(29)27(3)4)24-22-20-18-16-14-12-10-8-6-2/h25-28H,5-24H2,1-4H3. The average Bonchev–Trinajstić information content (AvgIpc) is 3.14. The molecule has 0 aromatic heterocycles. The van der Waals surface area contributed by atoms with Gasteiger partial charge in [-0.1, -0.05) is 130 Å². The summed E-state index contributed by atoms with van der Waals surface area (Å²) in [6.45, 7) is 11.9. The zero-order chi connectivity index (χ0) is 21.9. The SMILES string of the molecule is CCCCCCCCCCCN1C=CN(CCCCCCCCCCC)C1C(C)C. The van der Waals surface area contributed by atoms with Gasteiger partial charge >= 0.3 is 0 Å². The summed E-state index contributed by atoms with van der Waals surface area (Å²) in [6.07, 6.45) is 30.9. The van der Waals surface area contributed by atoms with Crippen LogP contribution in [0.3, 0.4) is 0 Å². The molecule has 0 saturated carbocycles. The molecule has 0 aromatic rings. The van der Waals surface area contributed by atoms with Crippen molar-refractivity contribution in [3.8, 4) is 0 Å². The maximum Gasteiger partial charge on any atom is 0.103 e. The van der Waals surface area contributed by atoms with Gasteiger partial charge in [-0.25, -0.2) is 0 Å². The van der Waals surface area contributed by atoms with Crippen LogP contribution >= 0.6 is 0 Å². The van der Waals surface area contributed by atoms with E-state index in [1.807, 2.05) is 0 Å². The lowest BCUT2D eigenvalue weighted by Gasteiger charge is -2.36. The fourth-order valence-corrected chi connectivity index (χ4v) is 4.93. The third kappa shape index (κ3) is 12.9. The van der Waals surface area contributed by atoms with Crippen LogP contribution in [0.4, 0.5) is 0 Å². The first-order valence-electron chi connectivity index (χ1n) is 13.9. The van der Waals surface area contributed by atoms with Crippen molar-refractivity contribution in [2.24, 2.45) is 5.92 Å². The van der Waals surface area contributed by atoms with Gasteiger partial charge in [-0.05, 0) is 18.8 Å². The molecule has 2 nitrogen and oxygen atoms in total. The Balaban J connectivity index is 2.09. The van der Waals surface area contributed by atoms with Crippen LogP contribution in [0.2, 0.25) is 0 Å². The van der Waals surface area contributed by atoms with Gasteiger partial charge in [0.25, 0.3) is 0 Å². The number of nitrogens with zero attached hydrogens (tertiary/aromatic N) is 2. The number of rotatable bonds is 21. The van der Waals surface area contributed by atoms with Gasteiger partial charge in [0.05, 0.1) is 0 Å². The molecule has 0 aromatic carbocycles. The average molecular weight is 421 g/mol. The molecule has 0 N–H and O–H groups in total. The Hall–Kier alpha value is -0.660. The van der Waals surface area contributed by atoms with Gasteiger partial charge in [-0.3, -0.25) is 0 Å². The summed E-state index contributed by atoms with van der Waals surface area (Å²) in [6, 6.07) is 0. The summed E-state index contributed by atoms with van der Waals surface area (Å²) in [5.41, 5.74) is 0. The molecule has 0 aliphatic carbocycles. The Bertz CT molecular complexity index is 358. The van der Waals surface area contributed by atoms with Crippen LogP contribution in [-0.4, -0.2) is 29.1 Å². The second-order valence-electron chi connectivity index (χ2n) is 10.1. The molecule has 0 spiro atoms. The Morgan fingerprint density at radius 3 is 1.10 bits per heavy atom. The van der Waals surface area contributed by atoms with Gasteiger partial charge in [0, 0.05) is 25.5 Å². The molecule has 1 aliphatic heterocycles. The van der Waals surface area contributed by atoms with Crippen molar-refractivity contribution in [1.29, 1.82) is 0 Å². The van der Waals surface area contributed by atoms with Crippen LogP contribution in [0, 0.1) is 5.92 Å². The lowest BCUT2D eigenvalue weighted by atomic mass is 10.1. The van der Waals surface area contributed by atoms with Crippen molar-refractivity contribution in [3.05, 3.63) is 12.4 Å². The van der Waals surface area contributed by atoms with Gasteiger partial charge < -0.3 is 9.80 Å². The first-order chi connectivity index (χ1) is 14.7. The molecule has 30 heavy (non-hydrogen) atoms. The molecule has 1 heterocycles. The van der Waals surface area contributed by atoms with E-state index >= 15 is 0 Å². The van der Waals surface area contributed by atoms with E-state index < -0.39 is 0 Å². The quantitative estimate of drug-likeness (QED) is 0.171. The van der Waals surface area contributed by atoms with Crippen LogP contribution in [0.1, 0.15) is 143 Å². The molecule has 1 aliphatic rings. The highest BCUT2D eigenvalue weighted by Gasteiger charge is 2.28. The minimum absolute atomic E-state index is 0.591. The zero-order valence-electron chi connectivity index (χ0n) is 21.3. The Morgan fingerprint density at radius 2 is 0.800 bits per heavy atom. The molecule has 178 valence electrons. The van der Waals surface area contributed by atoms with E-state index in [1.165, 1.54) is 129 Å². The number of unbranched alkanes of at least 4 members (excludes halogenated alkanes) is 16. The van der Waals surface area contributed by atoms with Crippen LogP contribution in [0.15, 0.2) is 12.4 Å². The molecule has 0 amide bonds. The predicted molar refractivity (Wildman–Crippen MR) is 136 cm³/mol. The Morgan fingerprint density at radius 1 is 0.500 bits per heavy atom. The summed E-state index contributed by atoms with van der Waals surface area (Å²) in [5, 5.41) is 0. The van der Waals surface area contributed by atoms with Crippen molar-refractivity contribution in [2.75, 3.05) is 13.1 Å². The largest absolute Gasteiger partial charge is 0.356 e. The molecule has 0 bridgehead atoms. The van der Waals surface area contributed by atoms with Gasteiger partial charge in [0.2, 0.25) is 0 Å². The van der Waals surface area contributed by atoms with Crippen LogP contribution in [0.25, 0.3) is 0 Å². The third-order valence-corrected chi connectivity index (χ3v) is 6.77. The first kappa shape index (κ1) is 27.4. The van der Waals surface area contributed by atoms with E-state index in [9.17, 15) is 0 Å². The fourth-order valence-electron chi connectivity index (χ4n) is 4.93. The second kappa shape index (κ2) is 19.1. The van der Waals surface area contributed by atoms with E-state index in [0.717, 1.165) is 0 Å². The summed E-state index contributed by atoms with van der Waals surface area (Å²) >= 11 is 0. The van der Waals surface area contributed by atoms with Crippen LogP contribution in [-0.2, 0) is 0 Å². The highest BCUT2D eigenvalue weighted by Crippen LogP contribution is 2.24. The summed E-state index contributed by atoms with van der Waals surface area (Å²) in [4.78, 5) is 5.25. The minimum atomic E-state index is 0.591. The summed E-state index contributed by atoms with van der Waals surface area (Å²) in [7, 11) is 0. The molecule has 0 fully saturated rings. The summed E-state index contributed by atoms with van der Waals surface area (Å²) in [5.74, 6) is 0.692. The molecule has 2 heteroatoms. The lowest BCUT2D eigenvalue weighted by Crippen LogP contribution is -2.43. The zero-order valence-corrected chi connectivity index (χ0v) is 21.3. The topological polar surface area (TPSA) is 6.48 Å². The third-order valence-electron chi connectivity index (χ3n) is 6.77. The van der Waals surface area contributed by atoms with Gasteiger partial charge in [-0.15, -0.1) is 0 Å². The maximum atomic E-state index is 2.62. The van der Waals surface area contributed by atoms with E-state index in [2.05, 4.69) is 49.9 Å². The number of hydrogen-bond donors (Lipinski definition) is 0. The first-order valence-corrected chi connectivity index (χ1v) is 13.9. The van der Waals surface area contributed by atoms with Crippen molar-refractivity contribution in [2.45, 2.75) is 149 Å². The van der Waals surface area contributed by atoms with E-state index in [4.69, 9.17) is 0 Å². The van der Waals surface area contributed by atoms with Crippen LogP contribution < -0.4 is 0 Å². The van der Waals surface area contributed by atoms with Crippen molar-refractivity contribution < 1.29 is 0 Å². The maximum absolute atomic E-state index is 2.62. The lowest BCUT2D eigenvalue weighted by molar-refractivity contribution is 0.104. The molecular weight excluding hydrogens is 364 g/mol. The van der Waals surface area contributed by atoms with E-state index in [0.29, 0.717) is 12.1 Å². The molecule has 0 radical (unpaired) electrons. The van der Waals surface area contributed by atoms with E-state index in [-0.39, 0.29) is 0 Å². The Labute approximate surface area is 190 Å². The highest BCUT2D eigenvalue weighted by atomic mass is 15.4. The van der Waals surface area contributed by atoms with Gasteiger partial charge in [0.1, 0.15) is 6.17 Å². The van der Waals surface area contributed by atoms with Crippen LogP contribution in [0.5, 0.6) is 0 Å². The Kier molecular flexibility index (Phi) is 17.4. The molecule has 0 unspecified atom stereocenters. The van der Waals surface area contributed by atoms with Crippen molar-refractivity contribution in [1.82, 2.24) is 9.80 Å². The van der Waals surface area contributed by atoms with Crippen molar-refractivity contribution in [3.63, 3.8) is 0 Å². The smallest absolute Gasteiger partial charge is 0.103 e. The molecule has 0 atom stereocenters. The minimum Gasteiger partial charge on any atom is -0.356 e. The van der Waals surface area contributed by atoms with Crippen molar-refractivity contribution >= 4 is 0 Å². The highest BCUT2D eigenvalue weighted by molar-refractivity contribution is 4.98.